The summed E-state index contributed by atoms with van der Waals surface area (Å²) >= 11 is 0. The molecule has 1 aliphatic heterocycles. The van der Waals surface area contributed by atoms with Gasteiger partial charge in [-0.2, -0.15) is 0 Å². The van der Waals surface area contributed by atoms with E-state index >= 15 is 0 Å². The molecule has 2 rings (SSSR count). The van der Waals surface area contributed by atoms with Crippen molar-refractivity contribution < 1.29 is 9.84 Å². The average Bonchev–Trinajstić information content (AvgIpc) is 2.71. The molecule has 0 bridgehead atoms. The molecule has 1 N–H and O–H groups in total. The lowest BCUT2D eigenvalue weighted by Gasteiger charge is -2.36. The second kappa shape index (κ2) is 8.57. The summed E-state index contributed by atoms with van der Waals surface area (Å²) in [6.45, 7) is 10.4. The van der Waals surface area contributed by atoms with Crippen molar-refractivity contribution in [1.82, 2.24) is 4.90 Å². The van der Waals surface area contributed by atoms with E-state index in [1.165, 1.54) is 25.7 Å². The molecule has 3 nitrogen and oxygen atoms in total. The van der Waals surface area contributed by atoms with E-state index in [2.05, 4.69) is 25.7 Å². The van der Waals surface area contributed by atoms with Crippen LogP contribution in [0.2, 0.25) is 0 Å². The Balaban J connectivity index is 0.00000200. The minimum Gasteiger partial charge on any atom is -0.389 e. The van der Waals surface area contributed by atoms with Gasteiger partial charge in [-0.05, 0) is 37.0 Å². The first-order valence-corrected chi connectivity index (χ1v) is 8.06. The fourth-order valence-corrected chi connectivity index (χ4v) is 3.89. The minimum absolute atomic E-state index is 0. The van der Waals surface area contributed by atoms with Crippen LogP contribution in [0.3, 0.4) is 0 Å². The molecule has 0 amide bonds. The third-order valence-corrected chi connectivity index (χ3v) is 4.70. The quantitative estimate of drug-likeness (QED) is 0.847. The summed E-state index contributed by atoms with van der Waals surface area (Å²) in [5, 5.41) is 10.2. The molecule has 120 valence electrons. The van der Waals surface area contributed by atoms with E-state index in [4.69, 9.17) is 4.74 Å². The standard InChI is InChI=1S/C16H31NO2.ClH/c1-12-7-13(2)9-17(8-12)10-15(18)11-19-16-6-4-5-14(16)3;/h12-16,18H,4-11H2,1-3H3;1H. The number of nitrogens with zero attached hydrogens (tertiary/aromatic N) is 1. The fraction of sp³-hybridized carbons (Fsp3) is 1.00. The van der Waals surface area contributed by atoms with Gasteiger partial charge in [0.2, 0.25) is 0 Å². The van der Waals surface area contributed by atoms with Crippen molar-refractivity contribution in [3.8, 4) is 0 Å². The summed E-state index contributed by atoms with van der Waals surface area (Å²) in [6, 6.07) is 0. The summed E-state index contributed by atoms with van der Waals surface area (Å²) in [4.78, 5) is 2.41. The molecule has 2 fully saturated rings. The van der Waals surface area contributed by atoms with E-state index < -0.39 is 0 Å². The van der Waals surface area contributed by atoms with E-state index in [0.29, 0.717) is 18.6 Å². The highest BCUT2D eigenvalue weighted by molar-refractivity contribution is 5.85. The number of aliphatic hydroxyl groups excluding tert-OH is 1. The van der Waals surface area contributed by atoms with Gasteiger partial charge < -0.3 is 14.7 Å². The molecule has 4 heteroatoms. The Morgan fingerprint density at radius 3 is 2.35 bits per heavy atom. The average molecular weight is 306 g/mol. The number of aliphatic hydroxyl groups is 1. The zero-order valence-corrected chi connectivity index (χ0v) is 14.1. The molecule has 0 radical (unpaired) electrons. The van der Waals surface area contributed by atoms with Crippen LogP contribution in [0.1, 0.15) is 46.5 Å². The van der Waals surface area contributed by atoms with Gasteiger partial charge in [0, 0.05) is 19.6 Å². The van der Waals surface area contributed by atoms with Crippen LogP contribution in [0.15, 0.2) is 0 Å². The number of hydrogen-bond donors (Lipinski definition) is 1. The molecular formula is C16H32ClNO2. The van der Waals surface area contributed by atoms with Crippen molar-refractivity contribution in [2.45, 2.75) is 58.7 Å². The van der Waals surface area contributed by atoms with Crippen LogP contribution in [0.4, 0.5) is 0 Å². The second-order valence-corrected chi connectivity index (χ2v) is 7.10. The van der Waals surface area contributed by atoms with Crippen LogP contribution in [-0.4, -0.2) is 48.5 Å². The van der Waals surface area contributed by atoms with Crippen LogP contribution in [-0.2, 0) is 4.74 Å². The normalized spacial score (nSPS) is 36.6. The van der Waals surface area contributed by atoms with Crippen LogP contribution < -0.4 is 0 Å². The summed E-state index contributed by atoms with van der Waals surface area (Å²) in [7, 11) is 0. The highest BCUT2D eigenvalue weighted by Gasteiger charge is 2.26. The molecule has 0 aromatic carbocycles. The summed E-state index contributed by atoms with van der Waals surface area (Å²) in [5.41, 5.74) is 0. The lowest BCUT2D eigenvalue weighted by molar-refractivity contribution is -0.0369. The van der Waals surface area contributed by atoms with Gasteiger partial charge in [0.1, 0.15) is 0 Å². The maximum atomic E-state index is 10.2. The molecule has 2 aliphatic rings. The topological polar surface area (TPSA) is 32.7 Å². The first-order chi connectivity index (χ1) is 9.04. The number of hydrogen-bond acceptors (Lipinski definition) is 3. The summed E-state index contributed by atoms with van der Waals surface area (Å²) in [6.07, 6.45) is 5.11. The Morgan fingerprint density at radius 2 is 1.80 bits per heavy atom. The van der Waals surface area contributed by atoms with Gasteiger partial charge in [-0.1, -0.05) is 27.2 Å². The summed E-state index contributed by atoms with van der Waals surface area (Å²) in [5.74, 6) is 2.18. The molecule has 0 spiro atoms. The SMILES string of the molecule is CC1CC(C)CN(CC(O)COC2CCCC2C)C1.Cl. The highest BCUT2D eigenvalue weighted by atomic mass is 35.5. The first kappa shape index (κ1) is 18.2. The molecular weight excluding hydrogens is 274 g/mol. The van der Waals surface area contributed by atoms with Crippen molar-refractivity contribution in [2.75, 3.05) is 26.2 Å². The lowest BCUT2D eigenvalue weighted by Crippen LogP contribution is -2.44. The lowest BCUT2D eigenvalue weighted by atomic mass is 9.92. The van der Waals surface area contributed by atoms with Crippen molar-refractivity contribution in [1.29, 1.82) is 0 Å². The first-order valence-electron chi connectivity index (χ1n) is 8.06. The predicted molar refractivity (Wildman–Crippen MR) is 85.4 cm³/mol. The van der Waals surface area contributed by atoms with Gasteiger partial charge in [-0.15, -0.1) is 12.4 Å². The molecule has 1 saturated heterocycles. The molecule has 0 aromatic heterocycles. The Hall–Kier alpha value is 0.170. The van der Waals surface area contributed by atoms with Crippen LogP contribution >= 0.6 is 12.4 Å². The van der Waals surface area contributed by atoms with Crippen LogP contribution in [0, 0.1) is 17.8 Å². The monoisotopic (exact) mass is 305 g/mol. The Bertz CT molecular complexity index is 267. The Kier molecular flexibility index (Phi) is 7.81. The van der Waals surface area contributed by atoms with E-state index in [9.17, 15) is 5.11 Å². The van der Waals surface area contributed by atoms with E-state index in [1.54, 1.807) is 0 Å². The maximum absolute atomic E-state index is 10.2. The van der Waals surface area contributed by atoms with Crippen molar-refractivity contribution in [3.63, 3.8) is 0 Å². The van der Waals surface area contributed by atoms with Gasteiger partial charge in [0.05, 0.1) is 18.8 Å². The molecule has 0 aromatic rings. The van der Waals surface area contributed by atoms with E-state index in [1.807, 2.05) is 0 Å². The number of β-amino-alcohol motifs (C(OH)–C–C–N with tert-alkyl or cyclic N) is 1. The second-order valence-electron chi connectivity index (χ2n) is 7.10. The minimum atomic E-state index is -0.328. The zero-order chi connectivity index (χ0) is 13.8. The molecule has 5 unspecified atom stereocenters. The number of likely N-dealkylation sites (tertiary alicyclic amines) is 1. The smallest absolute Gasteiger partial charge is 0.0900 e. The van der Waals surface area contributed by atoms with Gasteiger partial charge >= 0.3 is 0 Å². The van der Waals surface area contributed by atoms with E-state index in [0.717, 1.165) is 31.5 Å². The third kappa shape index (κ3) is 5.51. The van der Waals surface area contributed by atoms with Crippen molar-refractivity contribution in [2.24, 2.45) is 17.8 Å². The van der Waals surface area contributed by atoms with Gasteiger partial charge in [-0.3, -0.25) is 0 Å². The van der Waals surface area contributed by atoms with E-state index in [-0.39, 0.29) is 18.5 Å². The fourth-order valence-electron chi connectivity index (χ4n) is 3.89. The number of rotatable bonds is 5. The third-order valence-electron chi connectivity index (χ3n) is 4.70. The Labute approximate surface area is 130 Å². The van der Waals surface area contributed by atoms with Crippen molar-refractivity contribution in [3.05, 3.63) is 0 Å². The molecule has 20 heavy (non-hydrogen) atoms. The highest BCUT2D eigenvalue weighted by Crippen LogP contribution is 2.27. The molecule has 1 saturated carbocycles. The van der Waals surface area contributed by atoms with Gasteiger partial charge in [0.15, 0.2) is 0 Å². The Morgan fingerprint density at radius 1 is 1.15 bits per heavy atom. The molecule has 5 atom stereocenters. The largest absolute Gasteiger partial charge is 0.389 e. The number of piperidine rings is 1. The zero-order valence-electron chi connectivity index (χ0n) is 13.3. The maximum Gasteiger partial charge on any atom is 0.0900 e. The molecule has 1 aliphatic carbocycles. The number of halogens is 1. The van der Waals surface area contributed by atoms with Crippen LogP contribution in [0.5, 0.6) is 0 Å². The van der Waals surface area contributed by atoms with Gasteiger partial charge in [0.25, 0.3) is 0 Å². The predicted octanol–water partition coefficient (Wildman–Crippen LogP) is 2.95. The molecule has 1 heterocycles. The summed E-state index contributed by atoms with van der Waals surface area (Å²) < 4.78 is 5.90. The van der Waals surface area contributed by atoms with Crippen molar-refractivity contribution >= 4 is 12.4 Å². The van der Waals surface area contributed by atoms with Crippen LogP contribution in [0.25, 0.3) is 0 Å². The van der Waals surface area contributed by atoms with Gasteiger partial charge in [-0.25, -0.2) is 0 Å². The number of ether oxygens (including phenoxy) is 1.